The number of hydrogen-bond acceptors (Lipinski definition) is 3. The van der Waals surface area contributed by atoms with E-state index in [0.29, 0.717) is 39.0 Å². The Kier molecular flexibility index (Phi) is 9.18. The number of amides is 2. The van der Waals surface area contributed by atoms with Gasteiger partial charge in [-0.15, -0.1) is 0 Å². The Bertz CT molecular complexity index is 539. The fourth-order valence-corrected chi connectivity index (χ4v) is 3.38. The van der Waals surface area contributed by atoms with Crippen molar-refractivity contribution in [1.82, 2.24) is 9.80 Å². The minimum atomic E-state index is 0.217. The third kappa shape index (κ3) is 7.16. The quantitative estimate of drug-likeness (QED) is 0.653. The molecule has 1 aromatic rings. The van der Waals surface area contributed by atoms with Crippen molar-refractivity contribution in [1.29, 1.82) is 0 Å². The van der Waals surface area contributed by atoms with Crippen molar-refractivity contribution in [2.45, 2.75) is 51.4 Å². The van der Waals surface area contributed by atoms with Crippen LogP contribution in [0.1, 0.15) is 50.5 Å². The number of nitrogens with two attached hydrogens (primary N) is 1. The first-order valence-corrected chi connectivity index (χ1v) is 10.00. The van der Waals surface area contributed by atoms with Crippen molar-refractivity contribution >= 4 is 11.8 Å². The summed E-state index contributed by atoms with van der Waals surface area (Å²) in [5.74, 6) is 0.448. The molecule has 0 aliphatic carbocycles. The molecule has 1 fully saturated rings. The molecule has 1 aromatic carbocycles. The summed E-state index contributed by atoms with van der Waals surface area (Å²) in [6, 6.07) is 10.3. The summed E-state index contributed by atoms with van der Waals surface area (Å²) < 4.78 is 0. The number of unbranched alkanes of at least 4 members (excludes halogenated alkanes) is 3. The van der Waals surface area contributed by atoms with E-state index in [2.05, 4.69) is 12.1 Å². The van der Waals surface area contributed by atoms with Crippen LogP contribution < -0.4 is 5.73 Å². The van der Waals surface area contributed by atoms with Crippen LogP contribution in [0.2, 0.25) is 0 Å². The molecule has 0 atom stereocenters. The van der Waals surface area contributed by atoms with Crippen molar-refractivity contribution in [3.63, 3.8) is 0 Å². The fraction of sp³-hybridized carbons (Fsp3) is 0.619. The van der Waals surface area contributed by atoms with E-state index in [-0.39, 0.29) is 11.8 Å². The number of rotatable bonds is 10. The van der Waals surface area contributed by atoms with Gasteiger partial charge < -0.3 is 15.5 Å². The highest BCUT2D eigenvalue weighted by molar-refractivity contribution is 5.78. The van der Waals surface area contributed by atoms with Crippen LogP contribution in [0.15, 0.2) is 30.3 Å². The number of hydrogen-bond donors (Lipinski definition) is 1. The van der Waals surface area contributed by atoms with Crippen LogP contribution in [0.5, 0.6) is 0 Å². The molecule has 0 bridgehead atoms. The highest BCUT2D eigenvalue weighted by Crippen LogP contribution is 2.11. The Morgan fingerprint density at radius 3 is 1.88 bits per heavy atom. The van der Waals surface area contributed by atoms with Crippen molar-refractivity contribution in [3.8, 4) is 0 Å². The summed E-state index contributed by atoms with van der Waals surface area (Å²) in [4.78, 5) is 28.4. The van der Waals surface area contributed by atoms with Crippen LogP contribution in [0.3, 0.4) is 0 Å². The Morgan fingerprint density at radius 1 is 0.769 bits per heavy atom. The Hall–Kier alpha value is -1.88. The highest BCUT2D eigenvalue weighted by atomic mass is 16.2. The fourth-order valence-electron chi connectivity index (χ4n) is 3.38. The molecule has 0 saturated carbocycles. The molecule has 1 saturated heterocycles. The van der Waals surface area contributed by atoms with Crippen LogP contribution in [-0.4, -0.2) is 54.3 Å². The molecular formula is C21H33N3O2. The average Bonchev–Trinajstić information content (AvgIpc) is 2.68. The maximum absolute atomic E-state index is 12.3. The van der Waals surface area contributed by atoms with E-state index in [4.69, 9.17) is 5.73 Å². The second-order valence-electron chi connectivity index (χ2n) is 7.05. The molecule has 2 N–H and O–H groups in total. The number of nitrogens with zero attached hydrogens (tertiary/aromatic N) is 2. The van der Waals surface area contributed by atoms with Gasteiger partial charge in [-0.3, -0.25) is 9.59 Å². The summed E-state index contributed by atoms with van der Waals surface area (Å²) in [5.41, 5.74) is 6.76. The number of benzene rings is 1. The van der Waals surface area contributed by atoms with Gasteiger partial charge in [-0.05, 0) is 37.8 Å². The molecule has 0 spiro atoms. The molecular weight excluding hydrogens is 326 g/mol. The molecule has 5 heteroatoms. The van der Waals surface area contributed by atoms with E-state index >= 15 is 0 Å². The van der Waals surface area contributed by atoms with Gasteiger partial charge in [0, 0.05) is 39.0 Å². The summed E-state index contributed by atoms with van der Waals surface area (Å²) in [5, 5.41) is 0. The van der Waals surface area contributed by atoms with Crippen LogP contribution >= 0.6 is 0 Å². The van der Waals surface area contributed by atoms with E-state index in [1.165, 1.54) is 5.56 Å². The van der Waals surface area contributed by atoms with Crippen LogP contribution in [-0.2, 0) is 16.0 Å². The largest absolute Gasteiger partial charge is 0.339 e. The summed E-state index contributed by atoms with van der Waals surface area (Å²) in [7, 11) is 0. The lowest BCUT2D eigenvalue weighted by atomic mass is 10.1. The van der Waals surface area contributed by atoms with Crippen LogP contribution in [0, 0.1) is 0 Å². The third-order valence-corrected chi connectivity index (χ3v) is 5.03. The minimum absolute atomic E-state index is 0.217. The van der Waals surface area contributed by atoms with Gasteiger partial charge in [0.05, 0.1) is 0 Å². The van der Waals surface area contributed by atoms with E-state index in [9.17, 15) is 9.59 Å². The first kappa shape index (κ1) is 20.4. The summed E-state index contributed by atoms with van der Waals surface area (Å²) in [6.07, 6.45) is 7.19. The van der Waals surface area contributed by atoms with Gasteiger partial charge >= 0.3 is 0 Å². The van der Waals surface area contributed by atoms with Crippen molar-refractivity contribution in [2.24, 2.45) is 5.73 Å². The second kappa shape index (κ2) is 11.7. The van der Waals surface area contributed by atoms with Crippen molar-refractivity contribution in [2.75, 3.05) is 32.7 Å². The molecule has 26 heavy (non-hydrogen) atoms. The highest BCUT2D eigenvalue weighted by Gasteiger charge is 2.23. The zero-order valence-corrected chi connectivity index (χ0v) is 15.9. The molecule has 1 aliphatic heterocycles. The second-order valence-corrected chi connectivity index (χ2v) is 7.05. The maximum Gasteiger partial charge on any atom is 0.222 e. The molecule has 1 heterocycles. The third-order valence-electron chi connectivity index (χ3n) is 5.03. The normalized spacial score (nSPS) is 14.5. The number of piperazine rings is 1. The van der Waals surface area contributed by atoms with Crippen molar-refractivity contribution < 1.29 is 9.59 Å². The Morgan fingerprint density at radius 2 is 1.31 bits per heavy atom. The molecule has 0 unspecified atom stereocenters. The summed E-state index contributed by atoms with van der Waals surface area (Å²) in [6.45, 7) is 3.42. The summed E-state index contributed by atoms with van der Waals surface area (Å²) >= 11 is 0. The molecule has 1 aliphatic rings. The number of carbonyl (C=O) groups excluding carboxylic acids is 2. The van der Waals surface area contributed by atoms with Gasteiger partial charge in [0.2, 0.25) is 11.8 Å². The first-order valence-electron chi connectivity index (χ1n) is 10.00. The molecule has 2 amide bonds. The van der Waals surface area contributed by atoms with Gasteiger partial charge in [-0.2, -0.15) is 0 Å². The maximum atomic E-state index is 12.3. The van der Waals surface area contributed by atoms with Gasteiger partial charge in [0.25, 0.3) is 0 Å². The molecule has 0 aromatic heterocycles. The van der Waals surface area contributed by atoms with E-state index in [0.717, 1.165) is 45.1 Å². The van der Waals surface area contributed by atoms with Gasteiger partial charge in [0.1, 0.15) is 0 Å². The monoisotopic (exact) mass is 359 g/mol. The standard InChI is InChI=1S/C21H33N3O2/c22-14-7-2-1-6-12-20(25)23-15-17-24(18-16-23)21(26)13-8-11-19-9-4-3-5-10-19/h3-5,9-10H,1-2,6-8,11-18,22H2. The number of aryl methyl sites for hydroxylation is 1. The van der Waals surface area contributed by atoms with Gasteiger partial charge in [-0.1, -0.05) is 43.2 Å². The van der Waals surface area contributed by atoms with Crippen molar-refractivity contribution in [3.05, 3.63) is 35.9 Å². The molecule has 5 nitrogen and oxygen atoms in total. The lowest BCUT2D eigenvalue weighted by Crippen LogP contribution is -2.50. The topological polar surface area (TPSA) is 66.6 Å². The van der Waals surface area contributed by atoms with Gasteiger partial charge in [-0.25, -0.2) is 0 Å². The molecule has 0 radical (unpaired) electrons. The lowest BCUT2D eigenvalue weighted by molar-refractivity contribution is -0.139. The van der Waals surface area contributed by atoms with Crippen LogP contribution in [0.4, 0.5) is 0 Å². The molecule has 144 valence electrons. The predicted octanol–water partition coefficient (Wildman–Crippen LogP) is 2.59. The smallest absolute Gasteiger partial charge is 0.222 e. The number of carbonyl (C=O) groups is 2. The Labute approximate surface area is 157 Å². The zero-order chi connectivity index (χ0) is 18.6. The van der Waals surface area contributed by atoms with E-state index in [1.807, 2.05) is 28.0 Å². The van der Waals surface area contributed by atoms with E-state index < -0.39 is 0 Å². The van der Waals surface area contributed by atoms with Crippen LogP contribution in [0.25, 0.3) is 0 Å². The lowest BCUT2D eigenvalue weighted by Gasteiger charge is -2.35. The molecule has 2 rings (SSSR count). The zero-order valence-electron chi connectivity index (χ0n) is 15.9. The first-order chi connectivity index (χ1) is 12.7. The van der Waals surface area contributed by atoms with Gasteiger partial charge in [0.15, 0.2) is 0 Å². The minimum Gasteiger partial charge on any atom is -0.339 e. The Balaban J connectivity index is 1.59. The average molecular weight is 360 g/mol. The predicted molar refractivity (Wildman–Crippen MR) is 105 cm³/mol. The van der Waals surface area contributed by atoms with E-state index in [1.54, 1.807) is 0 Å². The SMILES string of the molecule is NCCCCCCC(=O)N1CCN(C(=O)CCCc2ccccc2)CC1.